The number of likely N-dealkylation sites (tertiary alicyclic amines) is 1. The molecule has 2 aliphatic rings. The van der Waals surface area contributed by atoms with E-state index in [1.54, 1.807) is 0 Å². The van der Waals surface area contributed by atoms with Crippen LogP contribution < -0.4 is 5.32 Å². The quantitative estimate of drug-likeness (QED) is 0.760. The van der Waals surface area contributed by atoms with Gasteiger partial charge in [0.25, 0.3) is 0 Å². The van der Waals surface area contributed by atoms with Gasteiger partial charge >= 0.3 is 0 Å². The normalized spacial score (nSPS) is 33.9. The Morgan fingerprint density at radius 2 is 1.95 bits per heavy atom. The second-order valence-corrected chi connectivity index (χ2v) is 7.92. The van der Waals surface area contributed by atoms with Gasteiger partial charge in [-0.2, -0.15) is 0 Å². The Morgan fingerprint density at radius 3 is 2.65 bits per heavy atom. The SMILES string of the molecule is CCCNC1C(CN2CCC(CCC)C2)CCC1(C)C. The van der Waals surface area contributed by atoms with Crippen LogP contribution in [0, 0.1) is 17.3 Å². The molecule has 1 aliphatic heterocycles. The van der Waals surface area contributed by atoms with Gasteiger partial charge < -0.3 is 10.2 Å². The standard InChI is InChI=1S/C18H36N2/c1-5-7-15-9-12-20(13-15)14-16-8-10-18(3,4)17(16)19-11-6-2/h15-17,19H,5-14H2,1-4H3. The maximum Gasteiger partial charge on any atom is 0.0159 e. The molecule has 2 heteroatoms. The van der Waals surface area contributed by atoms with Crippen LogP contribution in [0.15, 0.2) is 0 Å². The first kappa shape index (κ1) is 16.3. The molecule has 1 saturated heterocycles. The van der Waals surface area contributed by atoms with E-state index < -0.39 is 0 Å². The van der Waals surface area contributed by atoms with Gasteiger partial charge in [-0.1, -0.05) is 34.1 Å². The van der Waals surface area contributed by atoms with Crippen molar-refractivity contribution in [3.05, 3.63) is 0 Å². The lowest BCUT2D eigenvalue weighted by Crippen LogP contribution is -2.45. The summed E-state index contributed by atoms with van der Waals surface area (Å²) in [4.78, 5) is 2.76. The Bertz CT molecular complexity index is 287. The van der Waals surface area contributed by atoms with Gasteiger partial charge in [-0.15, -0.1) is 0 Å². The van der Waals surface area contributed by atoms with E-state index in [9.17, 15) is 0 Å². The van der Waals surface area contributed by atoms with Crippen LogP contribution in [0.3, 0.4) is 0 Å². The molecule has 0 aromatic carbocycles. The van der Waals surface area contributed by atoms with Crippen molar-refractivity contribution in [1.29, 1.82) is 0 Å². The van der Waals surface area contributed by atoms with Crippen molar-refractivity contribution >= 4 is 0 Å². The Balaban J connectivity index is 1.85. The highest BCUT2D eigenvalue weighted by molar-refractivity contribution is 4.97. The van der Waals surface area contributed by atoms with Gasteiger partial charge in [0.1, 0.15) is 0 Å². The Kier molecular flexibility index (Phi) is 5.92. The number of rotatable bonds is 7. The van der Waals surface area contributed by atoms with E-state index >= 15 is 0 Å². The average Bonchev–Trinajstić information content (AvgIpc) is 2.94. The maximum absolute atomic E-state index is 3.86. The molecule has 1 saturated carbocycles. The average molecular weight is 280 g/mol. The van der Waals surface area contributed by atoms with Crippen LogP contribution in [0.4, 0.5) is 0 Å². The Hall–Kier alpha value is -0.0800. The zero-order valence-electron chi connectivity index (χ0n) is 14.3. The lowest BCUT2D eigenvalue weighted by molar-refractivity contribution is 0.200. The van der Waals surface area contributed by atoms with Crippen LogP contribution in [-0.2, 0) is 0 Å². The van der Waals surface area contributed by atoms with E-state index in [1.807, 2.05) is 0 Å². The zero-order chi connectivity index (χ0) is 14.6. The molecule has 1 aliphatic carbocycles. The molecule has 1 heterocycles. The summed E-state index contributed by atoms with van der Waals surface area (Å²) in [5.74, 6) is 1.85. The fraction of sp³-hybridized carbons (Fsp3) is 1.00. The summed E-state index contributed by atoms with van der Waals surface area (Å²) in [7, 11) is 0. The third-order valence-corrected chi connectivity index (χ3v) is 5.65. The second kappa shape index (κ2) is 7.26. The molecule has 2 fully saturated rings. The highest BCUT2D eigenvalue weighted by Gasteiger charge is 2.42. The van der Waals surface area contributed by atoms with Crippen molar-refractivity contribution in [3.8, 4) is 0 Å². The molecule has 3 atom stereocenters. The third-order valence-electron chi connectivity index (χ3n) is 5.65. The molecule has 0 radical (unpaired) electrons. The lowest BCUT2D eigenvalue weighted by Gasteiger charge is -2.33. The second-order valence-electron chi connectivity index (χ2n) is 7.92. The van der Waals surface area contributed by atoms with Gasteiger partial charge in [0.2, 0.25) is 0 Å². The number of hydrogen-bond acceptors (Lipinski definition) is 2. The highest BCUT2D eigenvalue weighted by Crippen LogP contribution is 2.42. The van der Waals surface area contributed by atoms with Crippen molar-refractivity contribution in [1.82, 2.24) is 10.2 Å². The van der Waals surface area contributed by atoms with Gasteiger partial charge in [0, 0.05) is 19.1 Å². The van der Waals surface area contributed by atoms with Gasteiger partial charge in [-0.05, 0) is 62.4 Å². The van der Waals surface area contributed by atoms with Gasteiger partial charge in [-0.3, -0.25) is 0 Å². The van der Waals surface area contributed by atoms with E-state index in [1.165, 1.54) is 64.7 Å². The topological polar surface area (TPSA) is 15.3 Å². The minimum absolute atomic E-state index is 0.488. The molecule has 0 amide bonds. The fourth-order valence-electron chi connectivity index (χ4n) is 4.51. The number of nitrogens with one attached hydrogen (secondary N) is 1. The van der Waals surface area contributed by atoms with Crippen LogP contribution in [0.5, 0.6) is 0 Å². The van der Waals surface area contributed by atoms with Crippen molar-refractivity contribution in [2.45, 2.75) is 72.3 Å². The minimum atomic E-state index is 0.488. The molecule has 20 heavy (non-hydrogen) atoms. The summed E-state index contributed by atoms with van der Waals surface area (Å²) >= 11 is 0. The molecular weight excluding hydrogens is 244 g/mol. The molecule has 3 unspecified atom stereocenters. The van der Waals surface area contributed by atoms with Crippen molar-refractivity contribution in [2.75, 3.05) is 26.2 Å². The fourth-order valence-corrected chi connectivity index (χ4v) is 4.51. The van der Waals surface area contributed by atoms with Crippen LogP contribution in [-0.4, -0.2) is 37.1 Å². The molecule has 0 aromatic rings. The Morgan fingerprint density at radius 1 is 1.15 bits per heavy atom. The molecule has 2 nitrogen and oxygen atoms in total. The molecule has 0 spiro atoms. The van der Waals surface area contributed by atoms with Crippen LogP contribution >= 0.6 is 0 Å². The maximum atomic E-state index is 3.86. The summed E-state index contributed by atoms with van der Waals surface area (Å²) in [5, 5.41) is 3.86. The third kappa shape index (κ3) is 3.98. The molecule has 0 bridgehead atoms. The molecular formula is C18H36N2. The van der Waals surface area contributed by atoms with Gasteiger partial charge in [0.05, 0.1) is 0 Å². The monoisotopic (exact) mass is 280 g/mol. The van der Waals surface area contributed by atoms with Crippen LogP contribution in [0.2, 0.25) is 0 Å². The predicted molar refractivity (Wildman–Crippen MR) is 88.0 cm³/mol. The first-order valence-corrected chi connectivity index (χ1v) is 9.02. The van der Waals surface area contributed by atoms with E-state index in [0.29, 0.717) is 5.41 Å². The molecule has 118 valence electrons. The molecule has 2 rings (SSSR count). The molecule has 1 N–H and O–H groups in total. The summed E-state index contributed by atoms with van der Waals surface area (Å²) in [6.07, 6.45) is 8.30. The summed E-state index contributed by atoms with van der Waals surface area (Å²) in [6, 6.07) is 0.729. The number of hydrogen-bond donors (Lipinski definition) is 1. The van der Waals surface area contributed by atoms with Crippen molar-refractivity contribution < 1.29 is 0 Å². The van der Waals surface area contributed by atoms with E-state index in [2.05, 4.69) is 37.9 Å². The first-order chi connectivity index (χ1) is 9.56. The van der Waals surface area contributed by atoms with E-state index in [0.717, 1.165) is 17.9 Å². The predicted octanol–water partition coefficient (Wildman–Crippen LogP) is 3.91. The molecule has 0 aromatic heterocycles. The smallest absolute Gasteiger partial charge is 0.0159 e. The lowest BCUT2D eigenvalue weighted by atomic mass is 9.84. The van der Waals surface area contributed by atoms with E-state index in [-0.39, 0.29) is 0 Å². The van der Waals surface area contributed by atoms with Crippen molar-refractivity contribution in [3.63, 3.8) is 0 Å². The summed E-state index contributed by atoms with van der Waals surface area (Å²) < 4.78 is 0. The summed E-state index contributed by atoms with van der Waals surface area (Å²) in [6.45, 7) is 14.8. The van der Waals surface area contributed by atoms with Crippen LogP contribution in [0.1, 0.15) is 66.2 Å². The largest absolute Gasteiger partial charge is 0.313 e. The number of nitrogens with zero attached hydrogens (tertiary/aromatic N) is 1. The first-order valence-electron chi connectivity index (χ1n) is 9.02. The highest BCUT2D eigenvalue weighted by atomic mass is 15.2. The van der Waals surface area contributed by atoms with E-state index in [4.69, 9.17) is 0 Å². The van der Waals surface area contributed by atoms with Gasteiger partial charge in [0.15, 0.2) is 0 Å². The minimum Gasteiger partial charge on any atom is -0.313 e. The summed E-state index contributed by atoms with van der Waals surface area (Å²) in [5.41, 5.74) is 0.488. The van der Waals surface area contributed by atoms with Crippen molar-refractivity contribution in [2.24, 2.45) is 17.3 Å². The van der Waals surface area contributed by atoms with Gasteiger partial charge in [-0.25, -0.2) is 0 Å². The van der Waals surface area contributed by atoms with Crippen LogP contribution in [0.25, 0.3) is 0 Å². The Labute approximate surface area is 126 Å². The zero-order valence-corrected chi connectivity index (χ0v) is 14.3.